The molecule has 0 aromatic carbocycles. The Morgan fingerprint density at radius 1 is 1.12 bits per heavy atom. The highest BCUT2D eigenvalue weighted by Crippen LogP contribution is 2.40. The van der Waals surface area contributed by atoms with Crippen LogP contribution >= 0.6 is 11.3 Å². The molecule has 0 bridgehead atoms. The second-order valence-corrected chi connectivity index (χ2v) is 10.7. The van der Waals surface area contributed by atoms with E-state index in [0.29, 0.717) is 25.6 Å². The third-order valence-corrected chi connectivity index (χ3v) is 7.06. The number of hydrogen-bond donors (Lipinski definition) is 1. The minimum atomic E-state index is -0.479. The Bertz CT molecular complexity index is 1020. The Labute approximate surface area is 193 Å². The van der Waals surface area contributed by atoms with Crippen LogP contribution in [0.1, 0.15) is 66.3 Å². The molecule has 1 aliphatic carbocycles. The van der Waals surface area contributed by atoms with E-state index in [1.54, 1.807) is 4.90 Å². The lowest BCUT2D eigenvalue weighted by Crippen LogP contribution is -2.51. The summed E-state index contributed by atoms with van der Waals surface area (Å²) in [5.74, 6) is 1.37. The number of amides is 2. The molecule has 1 saturated heterocycles. The molecule has 2 fully saturated rings. The molecule has 2 aromatic heterocycles. The van der Waals surface area contributed by atoms with Gasteiger partial charge in [-0.2, -0.15) is 0 Å². The van der Waals surface area contributed by atoms with E-state index in [9.17, 15) is 9.59 Å². The van der Waals surface area contributed by atoms with Crippen LogP contribution in [0.5, 0.6) is 0 Å². The second-order valence-electron chi connectivity index (χ2n) is 9.74. The fourth-order valence-corrected chi connectivity index (χ4v) is 5.14. The van der Waals surface area contributed by atoms with Gasteiger partial charge in [0.15, 0.2) is 0 Å². The monoisotopic (exact) mass is 459 g/mol. The van der Waals surface area contributed by atoms with Crippen LogP contribution in [0, 0.1) is 13.8 Å². The van der Waals surface area contributed by atoms with Crippen molar-refractivity contribution in [2.24, 2.45) is 0 Å². The summed E-state index contributed by atoms with van der Waals surface area (Å²) in [5.41, 5.74) is 1.45. The van der Waals surface area contributed by atoms with Crippen LogP contribution in [-0.2, 0) is 4.74 Å². The number of aromatic nitrogens is 2. The number of hydrogen-bond acceptors (Lipinski definition) is 7. The molecule has 32 heavy (non-hydrogen) atoms. The van der Waals surface area contributed by atoms with Crippen molar-refractivity contribution in [3.05, 3.63) is 22.0 Å². The third-order valence-electron chi connectivity index (χ3n) is 5.87. The zero-order valence-corrected chi connectivity index (χ0v) is 20.5. The highest BCUT2D eigenvalue weighted by Gasteiger charge is 2.29. The van der Waals surface area contributed by atoms with Gasteiger partial charge in [-0.1, -0.05) is 0 Å². The van der Waals surface area contributed by atoms with Crippen molar-refractivity contribution in [1.82, 2.24) is 25.1 Å². The molecule has 2 aromatic rings. The molecule has 8 nitrogen and oxygen atoms in total. The molecule has 1 aliphatic heterocycles. The van der Waals surface area contributed by atoms with Gasteiger partial charge in [-0.25, -0.2) is 14.8 Å². The number of thiophene rings is 1. The molecule has 0 spiro atoms. The molecule has 9 heteroatoms. The quantitative estimate of drug-likeness (QED) is 0.737. The van der Waals surface area contributed by atoms with Crippen molar-refractivity contribution in [3.8, 4) is 0 Å². The molecule has 0 radical (unpaired) electrons. The predicted octanol–water partition coefficient (Wildman–Crippen LogP) is 3.47. The Balaban J connectivity index is 1.28. The van der Waals surface area contributed by atoms with Gasteiger partial charge < -0.3 is 15.0 Å². The number of aryl methyl sites for hydroxylation is 2. The van der Waals surface area contributed by atoms with Gasteiger partial charge in [0.25, 0.3) is 5.91 Å². The summed E-state index contributed by atoms with van der Waals surface area (Å²) in [4.78, 5) is 40.1. The van der Waals surface area contributed by atoms with E-state index in [0.717, 1.165) is 64.7 Å². The maximum absolute atomic E-state index is 12.9. The van der Waals surface area contributed by atoms with Crippen LogP contribution < -0.4 is 5.32 Å². The van der Waals surface area contributed by atoms with Crippen LogP contribution in [0.2, 0.25) is 0 Å². The maximum atomic E-state index is 12.9. The minimum Gasteiger partial charge on any atom is -0.444 e. The van der Waals surface area contributed by atoms with E-state index in [1.807, 2.05) is 34.6 Å². The first-order valence-electron chi connectivity index (χ1n) is 11.4. The second kappa shape index (κ2) is 8.94. The van der Waals surface area contributed by atoms with E-state index in [2.05, 4.69) is 15.2 Å². The maximum Gasteiger partial charge on any atom is 0.410 e. The summed E-state index contributed by atoms with van der Waals surface area (Å²) in [5, 5.41) is 4.08. The van der Waals surface area contributed by atoms with Crippen LogP contribution in [0.3, 0.4) is 0 Å². The molecule has 2 aliphatic rings. The van der Waals surface area contributed by atoms with E-state index < -0.39 is 5.60 Å². The normalized spacial score (nSPS) is 17.6. The number of carbonyl (C=O) groups is 2. The van der Waals surface area contributed by atoms with Gasteiger partial charge in [-0.05, 0) is 53.0 Å². The largest absolute Gasteiger partial charge is 0.444 e. The summed E-state index contributed by atoms with van der Waals surface area (Å²) >= 11 is 1.46. The van der Waals surface area contributed by atoms with Gasteiger partial charge in [0.2, 0.25) is 0 Å². The molecule has 1 N–H and O–H groups in total. The standard InChI is InChI=1S/C23H33N5O3S/c1-14-17-15(2)25-19(16-6-7-16)26-21(17)32-18(14)20(29)24-8-9-27-10-12-28(13-11-27)22(30)31-23(3,4)5/h16H,6-13H2,1-5H3,(H,24,29). The highest BCUT2D eigenvalue weighted by molar-refractivity contribution is 7.20. The molecular formula is C23H33N5O3S. The molecule has 3 heterocycles. The molecular weight excluding hydrogens is 426 g/mol. The first-order valence-corrected chi connectivity index (χ1v) is 12.2. The predicted molar refractivity (Wildman–Crippen MR) is 125 cm³/mol. The third kappa shape index (κ3) is 5.20. The topological polar surface area (TPSA) is 87.7 Å². The van der Waals surface area contributed by atoms with Gasteiger partial charge in [0.05, 0.1) is 10.6 Å². The zero-order chi connectivity index (χ0) is 23.0. The summed E-state index contributed by atoms with van der Waals surface area (Å²) in [7, 11) is 0. The molecule has 1 saturated carbocycles. The lowest BCUT2D eigenvalue weighted by molar-refractivity contribution is 0.0147. The smallest absolute Gasteiger partial charge is 0.410 e. The van der Waals surface area contributed by atoms with Crippen LogP contribution in [-0.4, -0.2) is 76.6 Å². The van der Waals surface area contributed by atoms with Gasteiger partial charge in [-0.3, -0.25) is 9.69 Å². The molecule has 2 amide bonds. The summed E-state index contributed by atoms with van der Waals surface area (Å²) in [6, 6.07) is 0. The van der Waals surface area contributed by atoms with Crippen molar-refractivity contribution in [2.75, 3.05) is 39.3 Å². The molecule has 174 valence electrons. The number of rotatable bonds is 5. The number of nitrogens with one attached hydrogen (secondary N) is 1. The lowest BCUT2D eigenvalue weighted by atomic mass is 10.1. The van der Waals surface area contributed by atoms with Gasteiger partial charge >= 0.3 is 6.09 Å². The van der Waals surface area contributed by atoms with Crippen molar-refractivity contribution in [3.63, 3.8) is 0 Å². The summed E-state index contributed by atoms with van der Waals surface area (Å²) < 4.78 is 5.45. The Kier molecular flexibility index (Phi) is 6.40. The van der Waals surface area contributed by atoms with E-state index in [-0.39, 0.29) is 12.0 Å². The van der Waals surface area contributed by atoms with E-state index >= 15 is 0 Å². The first kappa shape index (κ1) is 22.9. The van der Waals surface area contributed by atoms with E-state index in [4.69, 9.17) is 9.72 Å². The Hall–Kier alpha value is -2.26. The first-order chi connectivity index (χ1) is 15.1. The average molecular weight is 460 g/mol. The van der Waals surface area contributed by atoms with E-state index in [1.165, 1.54) is 11.3 Å². The number of carbonyl (C=O) groups excluding carboxylic acids is 2. The highest BCUT2D eigenvalue weighted by atomic mass is 32.1. The SMILES string of the molecule is Cc1nc(C2CC2)nc2sc(C(=O)NCCN3CCN(C(=O)OC(C)(C)C)CC3)c(C)c12. The van der Waals surface area contributed by atoms with Gasteiger partial charge in [0, 0.05) is 50.6 Å². The number of piperazine rings is 1. The average Bonchev–Trinajstić information content (AvgIpc) is 3.51. The van der Waals surface area contributed by atoms with Crippen molar-refractivity contribution in [2.45, 2.75) is 59.0 Å². The fourth-order valence-electron chi connectivity index (χ4n) is 3.99. The minimum absolute atomic E-state index is 0.0507. The van der Waals surface area contributed by atoms with Crippen molar-refractivity contribution >= 4 is 33.6 Å². The lowest BCUT2D eigenvalue weighted by Gasteiger charge is -2.35. The number of fused-ring (bicyclic) bond motifs is 1. The van der Waals surface area contributed by atoms with Gasteiger partial charge in [0.1, 0.15) is 16.3 Å². The molecule has 4 rings (SSSR count). The number of ether oxygens (including phenoxy) is 1. The molecule has 0 atom stereocenters. The Morgan fingerprint density at radius 3 is 2.44 bits per heavy atom. The van der Waals surface area contributed by atoms with Gasteiger partial charge in [-0.15, -0.1) is 11.3 Å². The van der Waals surface area contributed by atoms with Crippen LogP contribution in [0.4, 0.5) is 4.79 Å². The Morgan fingerprint density at radius 2 is 1.81 bits per heavy atom. The summed E-state index contributed by atoms with van der Waals surface area (Å²) in [6.45, 7) is 13.8. The molecule has 0 unspecified atom stereocenters. The summed E-state index contributed by atoms with van der Waals surface area (Å²) in [6.07, 6.45) is 2.07. The zero-order valence-electron chi connectivity index (χ0n) is 19.7. The number of nitrogens with zero attached hydrogens (tertiary/aromatic N) is 4. The van der Waals surface area contributed by atoms with Crippen LogP contribution in [0.25, 0.3) is 10.2 Å². The van der Waals surface area contributed by atoms with Crippen molar-refractivity contribution < 1.29 is 14.3 Å². The van der Waals surface area contributed by atoms with Crippen molar-refractivity contribution in [1.29, 1.82) is 0 Å². The van der Waals surface area contributed by atoms with Crippen LogP contribution in [0.15, 0.2) is 0 Å². The fraction of sp³-hybridized carbons (Fsp3) is 0.652.